The van der Waals surface area contributed by atoms with Crippen molar-refractivity contribution >= 4 is 33.8 Å². The fourth-order valence-electron chi connectivity index (χ4n) is 5.94. The molecule has 1 saturated heterocycles. The molecule has 1 aliphatic heterocycles. The van der Waals surface area contributed by atoms with Crippen molar-refractivity contribution in [3.05, 3.63) is 40.3 Å². The molecule has 10 nitrogen and oxygen atoms in total. The van der Waals surface area contributed by atoms with Gasteiger partial charge in [-0.05, 0) is 70.5 Å². The molecule has 41 heavy (non-hydrogen) atoms. The van der Waals surface area contributed by atoms with Crippen molar-refractivity contribution in [3.8, 4) is 0 Å². The van der Waals surface area contributed by atoms with Crippen LogP contribution in [0.2, 0.25) is 0 Å². The number of unbranched alkanes of at least 4 members (excludes halogenated alkanes) is 1. The van der Waals surface area contributed by atoms with Crippen LogP contribution in [0.5, 0.6) is 0 Å². The summed E-state index contributed by atoms with van der Waals surface area (Å²) in [5.41, 5.74) is 1.19. The second kappa shape index (κ2) is 12.3. The van der Waals surface area contributed by atoms with Crippen molar-refractivity contribution in [2.75, 3.05) is 45.1 Å². The molecule has 1 aromatic carbocycles. The van der Waals surface area contributed by atoms with Crippen molar-refractivity contribution in [2.45, 2.75) is 84.0 Å². The number of hydrogen-bond acceptors (Lipinski definition) is 8. The second-order valence-electron chi connectivity index (χ2n) is 12.7. The highest BCUT2D eigenvalue weighted by Crippen LogP contribution is 2.33. The summed E-state index contributed by atoms with van der Waals surface area (Å²) in [6.07, 6.45) is 5.70. The lowest BCUT2D eigenvalue weighted by Crippen LogP contribution is -2.43. The van der Waals surface area contributed by atoms with Gasteiger partial charge in [0.05, 0.1) is 0 Å². The van der Waals surface area contributed by atoms with Gasteiger partial charge < -0.3 is 20.3 Å². The van der Waals surface area contributed by atoms with Crippen LogP contribution in [-0.4, -0.2) is 81.8 Å². The van der Waals surface area contributed by atoms with Crippen molar-refractivity contribution < 1.29 is 9.53 Å². The summed E-state index contributed by atoms with van der Waals surface area (Å²) in [4.78, 5) is 41.0. The molecule has 3 heterocycles. The van der Waals surface area contributed by atoms with E-state index in [4.69, 9.17) is 9.72 Å². The van der Waals surface area contributed by atoms with Gasteiger partial charge in [0.1, 0.15) is 11.2 Å². The van der Waals surface area contributed by atoms with Gasteiger partial charge in [-0.15, -0.1) is 0 Å². The summed E-state index contributed by atoms with van der Waals surface area (Å²) in [5, 5.41) is 8.78. The van der Waals surface area contributed by atoms with Crippen LogP contribution in [0.15, 0.2) is 29.2 Å². The van der Waals surface area contributed by atoms with Gasteiger partial charge in [0.25, 0.3) is 5.56 Å². The zero-order chi connectivity index (χ0) is 29.1. The molecule has 1 amide bonds. The minimum Gasteiger partial charge on any atom is -0.444 e. The number of nitrogens with zero attached hydrogens (tertiary/aromatic N) is 5. The van der Waals surface area contributed by atoms with E-state index in [0.717, 1.165) is 81.3 Å². The number of pyridine rings is 1. The number of alkyl carbamates (subject to hydrolysis) is 1. The highest BCUT2D eigenvalue weighted by molar-refractivity contribution is 6.04. The highest BCUT2D eigenvalue weighted by atomic mass is 16.6. The van der Waals surface area contributed by atoms with E-state index in [1.54, 1.807) is 0 Å². The van der Waals surface area contributed by atoms with Gasteiger partial charge >= 0.3 is 6.09 Å². The molecule has 0 spiro atoms. The quantitative estimate of drug-likeness (QED) is 0.305. The average Bonchev–Trinajstić information content (AvgIpc) is 3.37. The lowest BCUT2D eigenvalue weighted by molar-refractivity contribution is 0.0505. The maximum absolute atomic E-state index is 14.3. The van der Waals surface area contributed by atoms with Crippen LogP contribution in [0.3, 0.4) is 0 Å². The van der Waals surface area contributed by atoms with Gasteiger partial charge in [-0.3, -0.25) is 14.3 Å². The van der Waals surface area contributed by atoms with E-state index < -0.39 is 11.7 Å². The Hall–Kier alpha value is -3.24. The summed E-state index contributed by atoms with van der Waals surface area (Å²) >= 11 is 0. The first kappa shape index (κ1) is 29.3. The van der Waals surface area contributed by atoms with Gasteiger partial charge in [0.2, 0.25) is 5.95 Å². The van der Waals surface area contributed by atoms with Crippen molar-refractivity contribution in [2.24, 2.45) is 0 Å². The first-order valence-corrected chi connectivity index (χ1v) is 15.1. The van der Waals surface area contributed by atoms with E-state index in [1.165, 1.54) is 0 Å². The van der Waals surface area contributed by atoms with Crippen molar-refractivity contribution in [3.63, 3.8) is 0 Å². The third-order valence-corrected chi connectivity index (χ3v) is 8.13. The molecule has 2 fully saturated rings. The highest BCUT2D eigenvalue weighted by Gasteiger charge is 2.31. The van der Waals surface area contributed by atoms with Crippen LogP contribution in [0, 0.1) is 0 Å². The number of rotatable bonds is 8. The summed E-state index contributed by atoms with van der Waals surface area (Å²) in [6, 6.07) is 6.09. The Morgan fingerprint density at radius 2 is 1.88 bits per heavy atom. The maximum atomic E-state index is 14.3. The predicted octanol–water partition coefficient (Wildman–Crippen LogP) is 4.52. The molecule has 0 bridgehead atoms. The molecule has 5 rings (SSSR count). The molecule has 222 valence electrons. The number of fused-ring (bicyclic) bond motifs is 3. The number of benzene rings is 1. The number of carbonyl (C=O) groups excluding carboxylic acids is 1. The number of anilines is 1. The van der Waals surface area contributed by atoms with E-state index in [-0.39, 0.29) is 17.6 Å². The van der Waals surface area contributed by atoms with Crippen LogP contribution < -0.4 is 16.2 Å². The Balaban J connectivity index is 1.50. The molecule has 2 atom stereocenters. The fraction of sp³-hybridized carbons (Fsp3) is 0.613. The van der Waals surface area contributed by atoms with E-state index in [2.05, 4.69) is 57.6 Å². The number of aromatic nitrogens is 3. The smallest absolute Gasteiger partial charge is 0.407 e. The third kappa shape index (κ3) is 6.98. The second-order valence-corrected chi connectivity index (χ2v) is 12.7. The lowest BCUT2D eigenvalue weighted by Gasteiger charge is -2.32. The first-order valence-electron chi connectivity index (χ1n) is 15.1. The molecule has 10 heteroatoms. The fourth-order valence-corrected chi connectivity index (χ4v) is 5.94. The molecule has 1 saturated carbocycles. The number of hydrogen-bond donors (Lipinski definition) is 2. The topological polar surface area (TPSA) is 105 Å². The molecule has 2 aliphatic rings. The predicted molar refractivity (Wildman–Crippen MR) is 164 cm³/mol. The van der Waals surface area contributed by atoms with E-state index in [1.807, 2.05) is 31.5 Å². The lowest BCUT2D eigenvalue weighted by atomic mass is 10.0. The zero-order valence-corrected chi connectivity index (χ0v) is 25.2. The molecule has 0 radical (unpaired) electrons. The normalized spacial score (nSPS) is 20.5. The van der Waals surface area contributed by atoms with E-state index in [9.17, 15) is 9.59 Å². The average molecular weight is 564 g/mol. The molecule has 0 unspecified atom stereocenters. The Bertz CT molecular complexity index is 1440. The van der Waals surface area contributed by atoms with Crippen LogP contribution >= 0.6 is 0 Å². The SMILES string of the molecule is CCCCNc1ncc2c3ccc(CN4CCN(C)CC4)cc3c(=O)n([C@H]3CC[C@H](NC(=O)OC(C)(C)C)C3)c2n1. The monoisotopic (exact) mass is 563 g/mol. The standard InChI is InChI=1S/C31H45N7O3/c1-6-7-12-32-29-33-19-26-24-11-8-21(20-37-15-13-36(5)14-16-37)17-25(24)28(39)38(27(26)35-29)23-10-9-22(18-23)34-30(40)41-31(2,3)4/h8,11,17,19,22-23H,6-7,9-10,12-16,18,20H2,1-5H3,(H,34,40)(H,32,33,35)/t22-,23-/m0/s1. The van der Waals surface area contributed by atoms with Gasteiger partial charge in [-0.2, -0.15) is 4.98 Å². The van der Waals surface area contributed by atoms with Gasteiger partial charge in [0, 0.05) is 68.3 Å². The molecule has 2 N–H and O–H groups in total. The number of piperazine rings is 1. The maximum Gasteiger partial charge on any atom is 0.407 e. The van der Waals surface area contributed by atoms with Crippen LogP contribution in [0.4, 0.5) is 10.7 Å². The molecule has 1 aliphatic carbocycles. The molecule has 2 aromatic heterocycles. The first-order chi connectivity index (χ1) is 19.6. The van der Waals surface area contributed by atoms with Crippen molar-refractivity contribution in [1.82, 2.24) is 29.7 Å². The minimum absolute atomic E-state index is 0.0335. The molecule has 3 aromatic rings. The van der Waals surface area contributed by atoms with Gasteiger partial charge in [-0.1, -0.05) is 25.5 Å². The Kier molecular flexibility index (Phi) is 8.79. The van der Waals surface area contributed by atoms with E-state index in [0.29, 0.717) is 23.4 Å². The number of nitrogens with one attached hydrogen (secondary N) is 2. The van der Waals surface area contributed by atoms with Crippen LogP contribution in [0.25, 0.3) is 21.8 Å². The number of ether oxygens (including phenoxy) is 1. The minimum atomic E-state index is -0.562. The largest absolute Gasteiger partial charge is 0.444 e. The summed E-state index contributed by atoms with van der Waals surface area (Å²) in [6.45, 7) is 13.5. The summed E-state index contributed by atoms with van der Waals surface area (Å²) < 4.78 is 7.34. The number of carbonyl (C=O) groups is 1. The van der Waals surface area contributed by atoms with Crippen LogP contribution in [-0.2, 0) is 11.3 Å². The Labute approximate surface area is 242 Å². The van der Waals surface area contributed by atoms with Gasteiger partial charge in [-0.25, -0.2) is 9.78 Å². The van der Waals surface area contributed by atoms with Gasteiger partial charge in [0.15, 0.2) is 0 Å². The van der Waals surface area contributed by atoms with E-state index >= 15 is 0 Å². The number of amides is 1. The summed E-state index contributed by atoms with van der Waals surface area (Å²) in [5.74, 6) is 0.534. The number of likely N-dealkylation sites (N-methyl/N-ethyl adjacent to an activating group) is 1. The molecular weight excluding hydrogens is 518 g/mol. The Morgan fingerprint density at radius 1 is 1.10 bits per heavy atom. The Morgan fingerprint density at radius 3 is 2.61 bits per heavy atom. The van der Waals surface area contributed by atoms with Crippen LogP contribution in [0.1, 0.15) is 71.4 Å². The molecular formula is C31H45N7O3. The van der Waals surface area contributed by atoms with Crippen molar-refractivity contribution in [1.29, 1.82) is 0 Å². The third-order valence-electron chi connectivity index (χ3n) is 8.13. The zero-order valence-electron chi connectivity index (χ0n) is 25.2. The summed E-state index contributed by atoms with van der Waals surface area (Å²) in [7, 11) is 2.16.